The average molecular weight is 373 g/mol. The topological polar surface area (TPSA) is 78.0 Å². The van der Waals surface area contributed by atoms with Gasteiger partial charge in [0.25, 0.3) is 0 Å². The second kappa shape index (κ2) is 7.27. The Labute approximate surface area is 152 Å². The van der Waals surface area contributed by atoms with Crippen LogP contribution in [0, 0.1) is 0 Å². The van der Waals surface area contributed by atoms with Crippen molar-refractivity contribution in [3.05, 3.63) is 60.7 Å². The molecule has 0 radical (unpaired) electrons. The molecule has 0 spiro atoms. The Hall–Kier alpha value is -2.71. The molecule has 2 aromatic rings. The maximum Gasteiger partial charge on any atom is 0.248 e. The fourth-order valence-corrected chi connectivity index (χ4v) is 3.84. The minimum Gasteiger partial charge on any atom is -0.314 e. The Morgan fingerprint density at radius 3 is 2.23 bits per heavy atom. The zero-order valence-corrected chi connectivity index (χ0v) is 15.1. The van der Waals surface area contributed by atoms with Crippen molar-refractivity contribution in [1.29, 1.82) is 0 Å². The number of rotatable bonds is 5. The Morgan fingerprint density at radius 1 is 1.04 bits per heavy atom. The van der Waals surface area contributed by atoms with Gasteiger partial charge in [-0.3, -0.25) is 14.5 Å². The monoisotopic (exact) mass is 373 g/mol. The van der Waals surface area contributed by atoms with E-state index in [9.17, 15) is 18.0 Å². The van der Waals surface area contributed by atoms with Crippen molar-refractivity contribution in [2.75, 3.05) is 31.7 Å². The van der Waals surface area contributed by atoms with Crippen molar-refractivity contribution in [3.8, 4) is 0 Å². The van der Waals surface area contributed by atoms with E-state index in [1.165, 1.54) is 29.0 Å². The van der Waals surface area contributed by atoms with Crippen molar-refractivity contribution in [2.45, 2.75) is 4.90 Å². The van der Waals surface area contributed by atoms with Crippen LogP contribution < -0.4 is 4.90 Å². The maximum absolute atomic E-state index is 12.5. The van der Waals surface area contributed by atoms with Crippen molar-refractivity contribution in [1.82, 2.24) is 9.21 Å². The van der Waals surface area contributed by atoms with Crippen molar-refractivity contribution in [2.24, 2.45) is 0 Å². The molecule has 1 aliphatic heterocycles. The lowest BCUT2D eigenvalue weighted by Crippen LogP contribution is -2.40. The molecule has 3 rings (SSSR count). The first kappa shape index (κ1) is 18.1. The van der Waals surface area contributed by atoms with E-state index in [-0.39, 0.29) is 30.6 Å². The highest BCUT2D eigenvalue weighted by molar-refractivity contribution is 7.89. The summed E-state index contributed by atoms with van der Waals surface area (Å²) in [5.74, 6) is -0.614. The minimum atomic E-state index is -3.76. The molecule has 2 aromatic carbocycles. The Morgan fingerprint density at radius 2 is 1.62 bits per heavy atom. The minimum absolute atomic E-state index is 0.0625. The van der Waals surface area contributed by atoms with Gasteiger partial charge in [-0.05, 0) is 24.3 Å². The van der Waals surface area contributed by atoms with Gasteiger partial charge in [0.1, 0.15) is 13.2 Å². The first-order valence-corrected chi connectivity index (χ1v) is 9.48. The maximum atomic E-state index is 12.5. The molecule has 0 N–H and O–H groups in total. The second-order valence-corrected chi connectivity index (χ2v) is 8.01. The molecule has 1 heterocycles. The van der Waals surface area contributed by atoms with E-state index in [2.05, 4.69) is 0 Å². The van der Waals surface area contributed by atoms with Crippen molar-refractivity contribution in [3.63, 3.8) is 0 Å². The van der Waals surface area contributed by atoms with Crippen LogP contribution >= 0.6 is 0 Å². The van der Waals surface area contributed by atoms with E-state index in [4.69, 9.17) is 0 Å². The van der Waals surface area contributed by atoms with E-state index < -0.39 is 15.9 Å². The van der Waals surface area contributed by atoms with Gasteiger partial charge in [0, 0.05) is 12.7 Å². The summed E-state index contributed by atoms with van der Waals surface area (Å²) in [6, 6.07) is 17.0. The van der Waals surface area contributed by atoms with Crippen LogP contribution in [0.4, 0.5) is 5.69 Å². The largest absolute Gasteiger partial charge is 0.314 e. The molecular formula is C18H19N3O4S. The molecule has 0 aliphatic carbocycles. The third kappa shape index (κ3) is 3.61. The van der Waals surface area contributed by atoms with Gasteiger partial charge >= 0.3 is 0 Å². The predicted octanol–water partition coefficient (Wildman–Crippen LogP) is 1.14. The molecule has 0 aromatic heterocycles. The standard InChI is InChI=1S/C18H19N3O4S/c1-19(26(24,25)16-10-6-3-7-11-16)12-17(22)20-13-18(23)21(14-20)15-8-4-2-5-9-15/h2-11H,12-14H2,1H3. The molecule has 1 saturated heterocycles. The molecule has 0 saturated carbocycles. The lowest BCUT2D eigenvalue weighted by molar-refractivity contribution is -0.131. The smallest absolute Gasteiger partial charge is 0.248 e. The quantitative estimate of drug-likeness (QED) is 0.787. The van der Waals surface area contributed by atoms with Gasteiger partial charge in [-0.1, -0.05) is 36.4 Å². The highest BCUT2D eigenvalue weighted by atomic mass is 32.2. The predicted molar refractivity (Wildman–Crippen MR) is 96.8 cm³/mol. The first-order chi connectivity index (χ1) is 12.4. The molecule has 2 amide bonds. The third-order valence-corrected chi connectivity index (χ3v) is 5.99. The summed E-state index contributed by atoms with van der Waals surface area (Å²) in [6.07, 6.45) is 0. The molecule has 1 aliphatic rings. The summed E-state index contributed by atoms with van der Waals surface area (Å²) in [6.45, 7) is -0.277. The number of para-hydroxylation sites is 1. The van der Waals surface area contributed by atoms with Gasteiger partial charge in [0.2, 0.25) is 21.8 Å². The number of carbonyl (C=O) groups excluding carboxylic acids is 2. The van der Waals surface area contributed by atoms with Crippen LogP contribution in [0.2, 0.25) is 0 Å². The molecular weight excluding hydrogens is 354 g/mol. The van der Waals surface area contributed by atoms with E-state index in [0.29, 0.717) is 5.69 Å². The molecule has 8 heteroatoms. The molecule has 136 valence electrons. The third-order valence-electron chi connectivity index (χ3n) is 4.17. The number of benzene rings is 2. The van der Waals surface area contributed by atoms with Crippen LogP contribution in [-0.4, -0.2) is 56.2 Å². The van der Waals surface area contributed by atoms with Gasteiger partial charge in [-0.15, -0.1) is 0 Å². The van der Waals surface area contributed by atoms with Gasteiger partial charge in [0.05, 0.1) is 11.4 Å². The van der Waals surface area contributed by atoms with Gasteiger partial charge in [-0.2, -0.15) is 4.31 Å². The summed E-state index contributed by atoms with van der Waals surface area (Å²) in [5.41, 5.74) is 0.707. The number of sulfonamides is 1. The highest BCUT2D eigenvalue weighted by Crippen LogP contribution is 2.19. The van der Waals surface area contributed by atoms with E-state index >= 15 is 0 Å². The number of anilines is 1. The number of likely N-dealkylation sites (N-methyl/N-ethyl adjacent to an activating group) is 1. The Balaban J connectivity index is 1.68. The van der Waals surface area contributed by atoms with Gasteiger partial charge in [-0.25, -0.2) is 8.42 Å². The first-order valence-electron chi connectivity index (χ1n) is 8.04. The molecule has 7 nitrogen and oxygen atoms in total. The number of hydrogen-bond acceptors (Lipinski definition) is 4. The van der Waals surface area contributed by atoms with Crippen molar-refractivity contribution >= 4 is 27.5 Å². The van der Waals surface area contributed by atoms with Crippen molar-refractivity contribution < 1.29 is 18.0 Å². The summed E-state index contributed by atoms with van der Waals surface area (Å²) in [7, 11) is -2.40. The summed E-state index contributed by atoms with van der Waals surface area (Å²) < 4.78 is 26.0. The number of nitrogens with zero attached hydrogens (tertiary/aromatic N) is 3. The van der Waals surface area contributed by atoms with E-state index in [0.717, 1.165) is 4.31 Å². The zero-order chi connectivity index (χ0) is 18.7. The number of amides is 2. The lowest BCUT2D eigenvalue weighted by Gasteiger charge is -2.21. The van der Waals surface area contributed by atoms with Crippen LogP contribution in [0.1, 0.15) is 0 Å². The molecule has 0 bridgehead atoms. The van der Waals surface area contributed by atoms with Crippen LogP contribution in [0.15, 0.2) is 65.6 Å². The van der Waals surface area contributed by atoms with Crippen LogP contribution in [-0.2, 0) is 19.6 Å². The zero-order valence-electron chi connectivity index (χ0n) is 14.3. The lowest BCUT2D eigenvalue weighted by atomic mass is 10.3. The summed E-state index contributed by atoms with van der Waals surface area (Å²) in [4.78, 5) is 27.7. The molecule has 1 fully saturated rings. The Kier molecular flexibility index (Phi) is 5.06. The Bertz CT molecular complexity index is 901. The number of carbonyl (C=O) groups is 2. The summed E-state index contributed by atoms with van der Waals surface area (Å²) in [5, 5.41) is 0. The fraction of sp³-hybridized carbons (Fsp3) is 0.222. The van der Waals surface area contributed by atoms with Gasteiger partial charge < -0.3 is 4.90 Å². The second-order valence-electron chi connectivity index (χ2n) is 5.96. The SMILES string of the molecule is CN(CC(=O)N1CC(=O)N(c2ccccc2)C1)S(=O)(=O)c1ccccc1. The number of hydrogen-bond donors (Lipinski definition) is 0. The normalized spacial score (nSPS) is 14.9. The molecule has 0 unspecified atom stereocenters. The van der Waals surface area contributed by atoms with Gasteiger partial charge in [0.15, 0.2) is 0 Å². The van der Waals surface area contributed by atoms with Crippen LogP contribution in [0.3, 0.4) is 0 Å². The molecule has 26 heavy (non-hydrogen) atoms. The average Bonchev–Trinajstić information content (AvgIpc) is 3.05. The van der Waals surface area contributed by atoms with Crippen LogP contribution in [0.5, 0.6) is 0 Å². The van der Waals surface area contributed by atoms with Crippen LogP contribution in [0.25, 0.3) is 0 Å². The highest BCUT2D eigenvalue weighted by Gasteiger charge is 2.33. The molecule has 0 atom stereocenters. The van der Waals surface area contributed by atoms with E-state index in [1.54, 1.807) is 30.3 Å². The fourth-order valence-electron chi connectivity index (χ4n) is 2.70. The van der Waals surface area contributed by atoms with E-state index in [1.807, 2.05) is 18.2 Å². The summed E-state index contributed by atoms with van der Waals surface area (Å²) >= 11 is 0.